The lowest BCUT2D eigenvalue weighted by Crippen LogP contribution is -2.27. The first kappa shape index (κ1) is 24.2. The lowest BCUT2D eigenvalue weighted by Gasteiger charge is -2.15. The van der Waals surface area contributed by atoms with Gasteiger partial charge in [0.25, 0.3) is 0 Å². The molecule has 0 saturated carbocycles. The number of amides is 2. The number of rotatable bonds is 9. The summed E-state index contributed by atoms with van der Waals surface area (Å²) in [5.74, 6) is -0.581. The number of aromatic nitrogens is 2. The topological polar surface area (TPSA) is 105 Å². The standard InChI is InChI=1S/C22H20Cl2FN5O3/c1-3-20(31)26-5-6-33-19-10-16-12(7-18(19)29-21(32)4-2)22(28-11-27-16)30-17-9-14(24)13(23)8-15(17)25/h4,7-11H,2-3,5-6H2,1H3,(H,26,31)(H,29,32)(H,27,28,30). The quantitative estimate of drug-likeness (QED) is 0.224. The number of hydrogen-bond donors (Lipinski definition) is 3. The van der Waals surface area contributed by atoms with E-state index in [1.54, 1.807) is 19.1 Å². The number of nitrogens with one attached hydrogen (secondary N) is 3. The third-order valence-electron chi connectivity index (χ3n) is 4.45. The predicted octanol–water partition coefficient (Wildman–Crippen LogP) is 4.85. The smallest absolute Gasteiger partial charge is 0.247 e. The molecule has 0 bridgehead atoms. The van der Waals surface area contributed by atoms with Crippen LogP contribution in [-0.4, -0.2) is 34.9 Å². The number of nitrogens with zero attached hydrogens (tertiary/aromatic N) is 2. The van der Waals surface area contributed by atoms with Crippen molar-refractivity contribution in [3.63, 3.8) is 0 Å². The Kier molecular flexibility index (Phi) is 8.02. The van der Waals surface area contributed by atoms with E-state index in [-0.39, 0.29) is 40.6 Å². The molecule has 3 N–H and O–H groups in total. The summed E-state index contributed by atoms with van der Waals surface area (Å²) in [6.07, 6.45) is 2.78. The van der Waals surface area contributed by atoms with Crippen molar-refractivity contribution in [2.24, 2.45) is 0 Å². The van der Waals surface area contributed by atoms with E-state index in [1.807, 2.05) is 0 Å². The summed E-state index contributed by atoms with van der Waals surface area (Å²) in [6.45, 7) is 5.65. The van der Waals surface area contributed by atoms with Crippen LogP contribution in [0.25, 0.3) is 10.9 Å². The number of halogens is 3. The van der Waals surface area contributed by atoms with E-state index in [9.17, 15) is 14.0 Å². The SMILES string of the molecule is C=CC(=O)Nc1cc2c(Nc3cc(Cl)c(Cl)cc3F)ncnc2cc1OCCNC(=O)CC. The molecule has 3 aromatic rings. The average Bonchev–Trinajstić information content (AvgIpc) is 2.80. The van der Waals surface area contributed by atoms with Gasteiger partial charge < -0.3 is 20.7 Å². The van der Waals surface area contributed by atoms with Crippen LogP contribution in [0.1, 0.15) is 13.3 Å². The Morgan fingerprint density at radius 1 is 1.15 bits per heavy atom. The average molecular weight is 492 g/mol. The van der Waals surface area contributed by atoms with E-state index in [2.05, 4.69) is 32.5 Å². The molecule has 11 heteroatoms. The molecule has 0 atom stereocenters. The number of fused-ring (bicyclic) bond motifs is 1. The van der Waals surface area contributed by atoms with Crippen LogP contribution in [-0.2, 0) is 9.59 Å². The molecule has 0 unspecified atom stereocenters. The Hall–Kier alpha value is -3.43. The van der Waals surface area contributed by atoms with Gasteiger partial charge in [0.2, 0.25) is 11.8 Å². The molecule has 3 rings (SSSR count). The minimum absolute atomic E-state index is 0.0630. The zero-order chi connectivity index (χ0) is 24.0. The first-order valence-corrected chi connectivity index (χ1v) is 10.6. The van der Waals surface area contributed by atoms with Gasteiger partial charge in [-0.3, -0.25) is 9.59 Å². The summed E-state index contributed by atoms with van der Waals surface area (Å²) in [5.41, 5.74) is 0.854. The van der Waals surface area contributed by atoms with Gasteiger partial charge >= 0.3 is 0 Å². The second kappa shape index (κ2) is 10.9. The Balaban J connectivity index is 1.96. The fourth-order valence-corrected chi connectivity index (χ4v) is 3.12. The maximum Gasteiger partial charge on any atom is 0.247 e. The molecule has 0 saturated heterocycles. The van der Waals surface area contributed by atoms with Gasteiger partial charge in [-0.05, 0) is 24.3 Å². The summed E-state index contributed by atoms with van der Waals surface area (Å²) in [7, 11) is 0. The van der Waals surface area contributed by atoms with E-state index in [0.717, 1.165) is 12.1 Å². The number of carbonyl (C=O) groups is 2. The first-order chi connectivity index (χ1) is 15.8. The molecular formula is C22H20Cl2FN5O3. The van der Waals surface area contributed by atoms with Crippen LogP contribution < -0.4 is 20.7 Å². The third-order valence-corrected chi connectivity index (χ3v) is 5.17. The number of carbonyl (C=O) groups excluding carboxylic acids is 2. The second-order valence-corrected chi connectivity index (χ2v) is 7.52. The van der Waals surface area contributed by atoms with E-state index in [4.69, 9.17) is 27.9 Å². The highest BCUT2D eigenvalue weighted by Crippen LogP contribution is 2.35. The largest absolute Gasteiger partial charge is 0.489 e. The van der Waals surface area contributed by atoms with Gasteiger partial charge in [0.05, 0.1) is 33.5 Å². The molecule has 8 nitrogen and oxygen atoms in total. The molecule has 33 heavy (non-hydrogen) atoms. The van der Waals surface area contributed by atoms with Crippen molar-refractivity contribution in [3.8, 4) is 5.75 Å². The highest BCUT2D eigenvalue weighted by molar-refractivity contribution is 6.42. The Labute approximate surface area is 199 Å². The summed E-state index contributed by atoms with van der Waals surface area (Å²) in [5, 5.41) is 8.98. The van der Waals surface area contributed by atoms with Crippen LogP contribution in [0.5, 0.6) is 5.75 Å². The molecular weight excluding hydrogens is 472 g/mol. The number of benzene rings is 2. The van der Waals surface area contributed by atoms with Crippen LogP contribution in [0.15, 0.2) is 43.2 Å². The fourth-order valence-electron chi connectivity index (χ4n) is 2.81. The van der Waals surface area contributed by atoms with E-state index >= 15 is 0 Å². The summed E-state index contributed by atoms with van der Waals surface area (Å²) < 4.78 is 20.1. The molecule has 0 spiro atoms. The molecule has 0 radical (unpaired) electrons. The van der Waals surface area contributed by atoms with Crippen molar-refractivity contribution in [2.75, 3.05) is 23.8 Å². The van der Waals surface area contributed by atoms with Crippen molar-refractivity contribution >= 4 is 63.1 Å². The lowest BCUT2D eigenvalue weighted by atomic mass is 10.1. The second-order valence-electron chi connectivity index (χ2n) is 6.70. The molecule has 2 aromatic carbocycles. The van der Waals surface area contributed by atoms with Crippen molar-refractivity contribution in [3.05, 3.63) is 59.1 Å². The number of hydrogen-bond acceptors (Lipinski definition) is 6. The molecule has 2 amide bonds. The highest BCUT2D eigenvalue weighted by Gasteiger charge is 2.15. The van der Waals surface area contributed by atoms with Gasteiger partial charge in [-0.15, -0.1) is 0 Å². The van der Waals surface area contributed by atoms with E-state index < -0.39 is 11.7 Å². The lowest BCUT2D eigenvalue weighted by molar-refractivity contribution is -0.120. The Morgan fingerprint density at radius 2 is 1.91 bits per heavy atom. The molecule has 172 valence electrons. The summed E-state index contributed by atoms with van der Waals surface area (Å²) in [4.78, 5) is 31.8. The van der Waals surface area contributed by atoms with Crippen molar-refractivity contribution in [1.82, 2.24) is 15.3 Å². The third kappa shape index (κ3) is 6.09. The molecule has 0 fully saturated rings. The maximum atomic E-state index is 14.4. The minimum Gasteiger partial charge on any atom is -0.489 e. The predicted molar refractivity (Wildman–Crippen MR) is 127 cm³/mol. The van der Waals surface area contributed by atoms with Crippen LogP contribution in [0.2, 0.25) is 10.0 Å². The first-order valence-electron chi connectivity index (χ1n) is 9.85. The molecule has 0 aliphatic heterocycles. The van der Waals surface area contributed by atoms with Gasteiger partial charge in [0.1, 0.15) is 30.3 Å². The van der Waals surface area contributed by atoms with Crippen LogP contribution >= 0.6 is 23.2 Å². The van der Waals surface area contributed by atoms with Crippen LogP contribution in [0, 0.1) is 5.82 Å². The maximum absolute atomic E-state index is 14.4. The monoisotopic (exact) mass is 491 g/mol. The Morgan fingerprint density at radius 3 is 2.64 bits per heavy atom. The molecule has 1 aromatic heterocycles. The van der Waals surface area contributed by atoms with Gasteiger partial charge in [-0.2, -0.15) is 0 Å². The van der Waals surface area contributed by atoms with Crippen molar-refractivity contribution < 1.29 is 18.7 Å². The zero-order valence-electron chi connectivity index (χ0n) is 17.5. The number of anilines is 3. The van der Waals surface area contributed by atoms with Crippen molar-refractivity contribution in [1.29, 1.82) is 0 Å². The highest BCUT2D eigenvalue weighted by atomic mass is 35.5. The fraction of sp³-hybridized carbons (Fsp3) is 0.182. The normalized spacial score (nSPS) is 10.5. The number of ether oxygens (including phenoxy) is 1. The van der Waals surface area contributed by atoms with Gasteiger partial charge in [-0.1, -0.05) is 36.7 Å². The van der Waals surface area contributed by atoms with Crippen molar-refractivity contribution in [2.45, 2.75) is 13.3 Å². The summed E-state index contributed by atoms with van der Waals surface area (Å²) in [6, 6.07) is 5.63. The summed E-state index contributed by atoms with van der Waals surface area (Å²) >= 11 is 11.9. The van der Waals surface area contributed by atoms with Gasteiger partial charge in [0.15, 0.2) is 0 Å². The Bertz CT molecular complexity index is 1220. The van der Waals surface area contributed by atoms with Crippen LogP contribution in [0.3, 0.4) is 0 Å². The van der Waals surface area contributed by atoms with Gasteiger partial charge in [0, 0.05) is 17.9 Å². The van der Waals surface area contributed by atoms with E-state index in [0.29, 0.717) is 28.8 Å². The minimum atomic E-state index is -0.620. The molecule has 0 aliphatic carbocycles. The molecule has 1 heterocycles. The van der Waals surface area contributed by atoms with E-state index in [1.165, 1.54) is 12.4 Å². The van der Waals surface area contributed by atoms with Gasteiger partial charge in [-0.25, -0.2) is 14.4 Å². The zero-order valence-corrected chi connectivity index (χ0v) is 19.1. The van der Waals surface area contributed by atoms with Crippen LogP contribution in [0.4, 0.5) is 21.6 Å². The molecule has 0 aliphatic rings.